The quantitative estimate of drug-likeness (QED) is 0.680. The number of rotatable bonds is 5. The van der Waals surface area contributed by atoms with Gasteiger partial charge in [-0.15, -0.1) is 0 Å². The molecule has 2 aromatic carbocycles. The van der Waals surface area contributed by atoms with Gasteiger partial charge in [-0.2, -0.15) is 0 Å². The zero-order valence-corrected chi connectivity index (χ0v) is 16.1. The van der Waals surface area contributed by atoms with E-state index in [4.69, 9.17) is 12.2 Å². The highest BCUT2D eigenvalue weighted by atomic mass is 32.1. The second kappa shape index (κ2) is 8.29. The Morgan fingerprint density at radius 2 is 1.46 bits per heavy atom. The summed E-state index contributed by atoms with van der Waals surface area (Å²) in [5.74, 6) is 0.900. The van der Waals surface area contributed by atoms with Gasteiger partial charge in [-0.1, -0.05) is 75.7 Å². The van der Waals surface area contributed by atoms with Gasteiger partial charge in [-0.05, 0) is 47.7 Å². The molecule has 128 valence electrons. The predicted octanol–water partition coefficient (Wildman–Crippen LogP) is 5.73. The molecule has 0 aliphatic rings. The third-order valence-electron chi connectivity index (χ3n) is 4.19. The van der Waals surface area contributed by atoms with Gasteiger partial charge in [0.05, 0.1) is 0 Å². The Bertz CT molecular complexity index is 661. The van der Waals surface area contributed by atoms with Crippen molar-refractivity contribution in [2.45, 2.75) is 53.0 Å². The Morgan fingerprint density at radius 1 is 0.917 bits per heavy atom. The third kappa shape index (κ3) is 4.81. The first kappa shape index (κ1) is 18.5. The fourth-order valence-corrected chi connectivity index (χ4v) is 2.92. The first-order valence-electron chi connectivity index (χ1n) is 8.61. The summed E-state index contributed by atoms with van der Waals surface area (Å²) in [4.78, 5) is 0. The number of para-hydroxylation sites is 1. The van der Waals surface area contributed by atoms with E-state index in [9.17, 15) is 0 Å². The summed E-state index contributed by atoms with van der Waals surface area (Å²) >= 11 is 5.53. The zero-order valence-electron chi connectivity index (χ0n) is 15.3. The van der Waals surface area contributed by atoms with Crippen molar-refractivity contribution in [1.29, 1.82) is 0 Å². The maximum Gasteiger partial charge on any atom is 0.171 e. The Balaban J connectivity index is 2.11. The van der Waals surface area contributed by atoms with Crippen molar-refractivity contribution in [2.75, 3.05) is 5.32 Å². The minimum absolute atomic E-state index is 0.450. The summed E-state index contributed by atoms with van der Waals surface area (Å²) in [6, 6.07) is 15.0. The van der Waals surface area contributed by atoms with Crippen molar-refractivity contribution in [3.63, 3.8) is 0 Å². The second-order valence-corrected chi connectivity index (χ2v) is 7.32. The summed E-state index contributed by atoms with van der Waals surface area (Å²) in [5, 5.41) is 7.44. The number of hydrogen-bond acceptors (Lipinski definition) is 1. The summed E-state index contributed by atoms with van der Waals surface area (Å²) < 4.78 is 0. The van der Waals surface area contributed by atoms with E-state index >= 15 is 0 Å². The summed E-state index contributed by atoms with van der Waals surface area (Å²) in [5.41, 5.74) is 6.27. The molecule has 2 nitrogen and oxygen atoms in total. The fraction of sp³-hybridized carbons (Fsp3) is 0.381. The van der Waals surface area contributed by atoms with Crippen molar-refractivity contribution in [2.24, 2.45) is 0 Å². The number of benzene rings is 2. The average Bonchev–Trinajstić information content (AvgIpc) is 2.54. The lowest BCUT2D eigenvalue weighted by atomic mass is 9.93. The molecule has 0 amide bonds. The number of anilines is 1. The molecule has 0 bridgehead atoms. The van der Waals surface area contributed by atoms with Gasteiger partial charge in [0.1, 0.15) is 0 Å². The lowest BCUT2D eigenvalue weighted by molar-refractivity contribution is 0.837. The van der Waals surface area contributed by atoms with Crippen molar-refractivity contribution < 1.29 is 0 Å². The van der Waals surface area contributed by atoms with E-state index in [0.717, 1.165) is 12.2 Å². The molecule has 0 radical (unpaired) electrons. The number of nitrogens with one attached hydrogen (secondary N) is 2. The smallest absolute Gasteiger partial charge is 0.171 e. The van der Waals surface area contributed by atoms with Gasteiger partial charge in [-0.25, -0.2) is 0 Å². The molecule has 0 unspecified atom stereocenters. The molecule has 0 aromatic heterocycles. The molecule has 0 spiro atoms. The van der Waals surface area contributed by atoms with Crippen LogP contribution in [0.3, 0.4) is 0 Å². The van der Waals surface area contributed by atoms with Gasteiger partial charge in [0.2, 0.25) is 0 Å². The van der Waals surface area contributed by atoms with Crippen LogP contribution < -0.4 is 10.6 Å². The summed E-state index contributed by atoms with van der Waals surface area (Å²) in [6.45, 7) is 11.7. The van der Waals surface area contributed by atoms with Crippen LogP contribution in [0.1, 0.15) is 61.8 Å². The van der Waals surface area contributed by atoms with Gasteiger partial charge in [-0.3, -0.25) is 0 Å². The van der Waals surface area contributed by atoms with Crippen LogP contribution in [0.2, 0.25) is 0 Å². The number of aryl methyl sites for hydroxylation is 1. The minimum Gasteiger partial charge on any atom is -0.358 e. The summed E-state index contributed by atoms with van der Waals surface area (Å²) in [6.07, 6.45) is 0. The van der Waals surface area contributed by atoms with Crippen LogP contribution in [0.4, 0.5) is 5.69 Å². The van der Waals surface area contributed by atoms with Crippen LogP contribution in [0.15, 0.2) is 42.5 Å². The van der Waals surface area contributed by atoms with E-state index in [-0.39, 0.29) is 0 Å². The van der Waals surface area contributed by atoms with Crippen LogP contribution in [0.25, 0.3) is 0 Å². The third-order valence-corrected chi connectivity index (χ3v) is 4.43. The normalized spacial score (nSPS) is 11.0. The highest BCUT2D eigenvalue weighted by Crippen LogP contribution is 2.32. The van der Waals surface area contributed by atoms with Gasteiger partial charge in [0.15, 0.2) is 5.11 Å². The van der Waals surface area contributed by atoms with E-state index in [1.165, 1.54) is 22.3 Å². The van der Waals surface area contributed by atoms with Crippen LogP contribution in [0.5, 0.6) is 0 Å². The molecule has 2 rings (SSSR count). The molecule has 3 heteroatoms. The number of hydrogen-bond donors (Lipinski definition) is 2. The fourth-order valence-electron chi connectivity index (χ4n) is 2.74. The molecule has 0 saturated heterocycles. The maximum absolute atomic E-state index is 5.53. The van der Waals surface area contributed by atoms with E-state index < -0.39 is 0 Å². The Morgan fingerprint density at radius 3 is 1.96 bits per heavy atom. The molecule has 0 heterocycles. The molecule has 0 atom stereocenters. The second-order valence-electron chi connectivity index (χ2n) is 6.91. The van der Waals surface area contributed by atoms with Gasteiger partial charge < -0.3 is 10.6 Å². The zero-order chi connectivity index (χ0) is 17.7. The Kier molecular flexibility index (Phi) is 6.38. The van der Waals surface area contributed by atoms with E-state index in [1.54, 1.807) is 0 Å². The maximum atomic E-state index is 5.53. The monoisotopic (exact) mass is 340 g/mol. The lowest BCUT2D eigenvalue weighted by Gasteiger charge is -2.21. The molecule has 0 aliphatic carbocycles. The van der Waals surface area contributed by atoms with Gasteiger partial charge in [0.25, 0.3) is 0 Å². The van der Waals surface area contributed by atoms with Gasteiger partial charge in [0, 0.05) is 12.2 Å². The standard InChI is InChI=1S/C21H28N2S/c1-14(2)18-7-6-8-19(15(3)4)20(18)23-21(24)22-13-17-11-9-16(5)10-12-17/h6-12,14-15H,13H2,1-5H3,(H2,22,23,24). The topological polar surface area (TPSA) is 24.1 Å². The minimum atomic E-state index is 0.450. The lowest BCUT2D eigenvalue weighted by Crippen LogP contribution is -2.29. The van der Waals surface area contributed by atoms with Crippen molar-refractivity contribution in [1.82, 2.24) is 5.32 Å². The van der Waals surface area contributed by atoms with Crippen LogP contribution >= 0.6 is 12.2 Å². The largest absolute Gasteiger partial charge is 0.358 e. The highest BCUT2D eigenvalue weighted by Gasteiger charge is 2.14. The first-order chi connectivity index (χ1) is 11.4. The van der Waals surface area contributed by atoms with E-state index in [1.807, 2.05) is 0 Å². The van der Waals surface area contributed by atoms with Crippen LogP contribution in [-0.4, -0.2) is 5.11 Å². The molecule has 0 saturated carbocycles. The van der Waals surface area contributed by atoms with Crippen molar-refractivity contribution in [3.05, 3.63) is 64.7 Å². The molecule has 0 fully saturated rings. The van der Waals surface area contributed by atoms with Crippen molar-refractivity contribution >= 4 is 23.0 Å². The average molecular weight is 341 g/mol. The predicted molar refractivity (Wildman–Crippen MR) is 109 cm³/mol. The van der Waals surface area contributed by atoms with Crippen LogP contribution in [-0.2, 0) is 6.54 Å². The first-order valence-corrected chi connectivity index (χ1v) is 9.02. The molecule has 24 heavy (non-hydrogen) atoms. The van der Waals surface area contributed by atoms with E-state index in [0.29, 0.717) is 16.9 Å². The van der Waals surface area contributed by atoms with Gasteiger partial charge >= 0.3 is 0 Å². The molecular weight excluding hydrogens is 312 g/mol. The Hall–Kier alpha value is -1.87. The Labute approximate surface area is 151 Å². The number of thiocarbonyl (C=S) groups is 1. The summed E-state index contributed by atoms with van der Waals surface area (Å²) in [7, 11) is 0. The molecule has 2 aromatic rings. The van der Waals surface area contributed by atoms with Crippen molar-refractivity contribution in [3.8, 4) is 0 Å². The molecule has 0 aliphatic heterocycles. The molecule has 2 N–H and O–H groups in total. The molecular formula is C21H28N2S. The SMILES string of the molecule is Cc1ccc(CNC(=S)Nc2c(C(C)C)cccc2C(C)C)cc1. The highest BCUT2D eigenvalue weighted by molar-refractivity contribution is 7.80. The van der Waals surface area contributed by atoms with E-state index in [2.05, 4.69) is 87.7 Å². The van der Waals surface area contributed by atoms with Crippen LogP contribution in [0, 0.1) is 6.92 Å².